The number of esters is 4. The zero-order chi connectivity index (χ0) is 71.0. The minimum atomic E-state index is -4.96. The van der Waals surface area contributed by atoms with Gasteiger partial charge in [-0.3, -0.25) is 37.3 Å². The molecule has 0 rings (SSSR count). The molecule has 0 spiro atoms. The molecule has 3 N–H and O–H groups in total. The monoisotopic (exact) mass is 1410 g/mol. The molecule has 0 aliphatic carbocycles. The average molecular weight is 1410 g/mol. The van der Waals surface area contributed by atoms with Crippen LogP contribution >= 0.6 is 15.6 Å². The summed E-state index contributed by atoms with van der Waals surface area (Å²) in [6.07, 6.45) is 51.7. The number of unbranched alkanes of at least 4 members (excludes halogenated alkanes) is 38. The summed E-state index contributed by atoms with van der Waals surface area (Å²) in [6, 6.07) is 0. The van der Waals surface area contributed by atoms with Crippen molar-refractivity contribution in [3.8, 4) is 0 Å². The molecule has 0 fully saturated rings. The van der Waals surface area contributed by atoms with Gasteiger partial charge in [0.1, 0.15) is 19.3 Å². The van der Waals surface area contributed by atoms with E-state index in [9.17, 15) is 43.2 Å². The lowest BCUT2D eigenvalue weighted by Crippen LogP contribution is -2.30. The van der Waals surface area contributed by atoms with E-state index < -0.39 is 97.5 Å². The van der Waals surface area contributed by atoms with Crippen LogP contribution in [0.25, 0.3) is 0 Å². The van der Waals surface area contributed by atoms with Crippen molar-refractivity contribution < 1.29 is 80.2 Å². The number of aliphatic hydroxyl groups excluding tert-OH is 1. The summed E-state index contributed by atoms with van der Waals surface area (Å²) in [5.41, 5.74) is 0. The summed E-state index contributed by atoms with van der Waals surface area (Å²) >= 11 is 0. The first-order chi connectivity index (χ1) is 46.2. The van der Waals surface area contributed by atoms with E-state index in [-0.39, 0.29) is 25.7 Å². The van der Waals surface area contributed by atoms with Gasteiger partial charge in [0.15, 0.2) is 12.2 Å². The third kappa shape index (κ3) is 67.9. The van der Waals surface area contributed by atoms with Gasteiger partial charge in [-0.25, -0.2) is 9.13 Å². The fourth-order valence-corrected chi connectivity index (χ4v) is 13.2. The Morgan fingerprint density at radius 3 is 0.740 bits per heavy atom. The summed E-state index contributed by atoms with van der Waals surface area (Å²) in [7, 11) is -9.91. The van der Waals surface area contributed by atoms with E-state index in [2.05, 4.69) is 55.4 Å². The molecule has 19 heteroatoms. The van der Waals surface area contributed by atoms with Gasteiger partial charge < -0.3 is 33.8 Å². The number of ether oxygens (including phenoxy) is 4. The van der Waals surface area contributed by atoms with Crippen molar-refractivity contribution in [3.05, 3.63) is 0 Å². The molecule has 4 unspecified atom stereocenters. The molecule has 0 saturated heterocycles. The van der Waals surface area contributed by atoms with Gasteiger partial charge in [0.2, 0.25) is 0 Å². The molecule has 0 saturated carbocycles. The maximum absolute atomic E-state index is 13.1. The maximum atomic E-state index is 13.1. The lowest BCUT2D eigenvalue weighted by atomic mass is 9.99. The van der Waals surface area contributed by atoms with Crippen molar-refractivity contribution in [1.29, 1.82) is 0 Å². The second kappa shape index (κ2) is 66.3. The van der Waals surface area contributed by atoms with Crippen molar-refractivity contribution >= 4 is 39.5 Å². The standard InChI is InChI=1S/C77H150O17P2/c1-9-69(7)55-47-39-30-26-22-17-15-13-11-12-14-16-18-24-28-32-43-51-59-76(81)93-72(63-87-74(79)57-49-41-31-27-23-20-19-21-25-29-37-45-53-67(3)4)65-91-95(83,84)89-61-71(78)62-90-96(85,86)92-66-73(64-88-75(80)58-50-42-35-33-38-46-54-68(5)6)94-77(82)60-52-44-36-34-40-48-56-70(8)10-2/h67-73,78H,9-66H2,1-8H3,(H,83,84)(H,85,86)/t69?,70?,71-,72-,73-/m1/s1. The number of carbonyl (C=O) groups excluding carboxylic acids is 4. The minimum Gasteiger partial charge on any atom is -0.462 e. The Hall–Kier alpha value is -1.94. The fourth-order valence-electron chi connectivity index (χ4n) is 11.7. The highest BCUT2D eigenvalue weighted by Gasteiger charge is 2.30. The molecule has 0 heterocycles. The van der Waals surface area contributed by atoms with Crippen LogP contribution in [0.2, 0.25) is 0 Å². The van der Waals surface area contributed by atoms with Crippen LogP contribution < -0.4 is 0 Å². The zero-order valence-electron chi connectivity index (χ0n) is 63.0. The molecular weight excluding hydrogens is 1260 g/mol. The van der Waals surface area contributed by atoms with Gasteiger partial charge in [0.25, 0.3) is 0 Å². The lowest BCUT2D eigenvalue weighted by Gasteiger charge is -2.21. The molecule has 0 aromatic heterocycles. The number of hydrogen-bond acceptors (Lipinski definition) is 15. The van der Waals surface area contributed by atoms with Gasteiger partial charge in [-0.05, 0) is 49.4 Å². The molecule has 17 nitrogen and oxygen atoms in total. The molecule has 0 aliphatic rings. The summed E-state index contributed by atoms with van der Waals surface area (Å²) < 4.78 is 68.5. The number of hydrogen-bond donors (Lipinski definition) is 3. The third-order valence-corrected chi connectivity index (χ3v) is 20.4. The number of aliphatic hydroxyl groups is 1. The summed E-state index contributed by atoms with van der Waals surface area (Å²) in [6.45, 7) is 14.1. The summed E-state index contributed by atoms with van der Waals surface area (Å²) in [5, 5.41) is 10.6. The highest BCUT2D eigenvalue weighted by atomic mass is 31.2. The fraction of sp³-hybridized carbons (Fsp3) is 0.948. The van der Waals surface area contributed by atoms with Crippen LogP contribution in [-0.4, -0.2) is 96.7 Å². The Kier molecular flexibility index (Phi) is 65.0. The lowest BCUT2D eigenvalue weighted by molar-refractivity contribution is -0.161. The van der Waals surface area contributed by atoms with Crippen molar-refractivity contribution in [1.82, 2.24) is 0 Å². The van der Waals surface area contributed by atoms with E-state index in [0.29, 0.717) is 31.6 Å². The predicted octanol–water partition coefficient (Wildman–Crippen LogP) is 22.4. The van der Waals surface area contributed by atoms with Crippen molar-refractivity contribution in [2.45, 2.75) is 408 Å². The van der Waals surface area contributed by atoms with Crippen molar-refractivity contribution in [2.24, 2.45) is 23.7 Å². The Morgan fingerprint density at radius 1 is 0.292 bits per heavy atom. The number of carbonyl (C=O) groups is 4. The molecular formula is C77H150O17P2. The quantitative estimate of drug-likeness (QED) is 0.0222. The van der Waals surface area contributed by atoms with Gasteiger partial charge in [0.05, 0.1) is 26.4 Å². The van der Waals surface area contributed by atoms with Crippen LogP contribution in [0.3, 0.4) is 0 Å². The molecule has 0 aromatic rings. The molecule has 96 heavy (non-hydrogen) atoms. The first-order valence-electron chi connectivity index (χ1n) is 39.8. The summed E-state index contributed by atoms with van der Waals surface area (Å²) in [4.78, 5) is 72.7. The van der Waals surface area contributed by atoms with Gasteiger partial charge in [0, 0.05) is 25.7 Å². The van der Waals surface area contributed by atoms with Crippen molar-refractivity contribution in [2.75, 3.05) is 39.6 Å². The Labute approximate surface area is 588 Å². The highest BCUT2D eigenvalue weighted by Crippen LogP contribution is 2.45. The predicted molar refractivity (Wildman–Crippen MR) is 391 cm³/mol. The number of phosphoric acid groups is 2. The van der Waals surface area contributed by atoms with E-state index in [4.69, 9.17) is 37.0 Å². The number of phosphoric ester groups is 2. The van der Waals surface area contributed by atoms with Gasteiger partial charge in [-0.2, -0.15) is 0 Å². The largest absolute Gasteiger partial charge is 0.472 e. The molecule has 0 bridgehead atoms. The highest BCUT2D eigenvalue weighted by molar-refractivity contribution is 7.47. The first kappa shape index (κ1) is 94.1. The molecule has 0 aliphatic heterocycles. The summed E-state index contributed by atoms with van der Waals surface area (Å²) in [5.74, 6) is 0.927. The van der Waals surface area contributed by atoms with Crippen LogP contribution in [0, 0.1) is 23.7 Å². The molecule has 7 atom stereocenters. The van der Waals surface area contributed by atoms with E-state index in [0.717, 1.165) is 114 Å². The van der Waals surface area contributed by atoms with Crippen molar-refractivity contribution in [3.63, 3.8) is 0 Å². The molecule has 0 aromatic carbocycles. The van der Waals surface area contributed by atoms with Crippen LogP contribution in [0.15, 0.2) is 0 Å². The first-order valence-corrected chi connectivity index (χ1v) is 42.8. The Morgan fingerprint density at radius 2 is 0.500 bits per heavy atom. The third-order valence-electron chi connectivity index (χ3n) is 18.5. The van der Waals surface area contributed by atoms with Gasteiger partial charge in [-0.15, -0.1) is 0 Å². The zero-order valence-corrected chi connectivity index (χ0v) is 64.8. The Bertz CT molecular complexity index is 1890. The second-order valence-electron chi connectivity index (χ2n) is 29.2. The molecule has 0 amide bonds. The smallest absolute Gasteiger partial charge is 0.462 e. The SMILES string of the molecule is CCC(C)CCCCCCCCCCCCCCCCCCCCC(=O)O[C@H](COC(=O)CCCCCCCCCCCCCCC(C)C)COP(=O)(O)OC[C@@H](O)COP(=O)(O)OC[C@@H](COC(=O)CCCCCCCCC(C)C)OC(=O)CCCCCCCCC(C)CC. The van der Waals surface area contributed by atoms with Crippen LogP contribution in [0.4, 0.5) is 0 Å². The number of rotatable bonds is 74. The normalized spacial score (nSPS) is 14.7. The maximum Gasteiger partial charge on any atom is 0.472 e. The molecule has 570 valence electrons. The van der Waals surface area contributed by atoms with E-state index in [1.165, 1.54) is 186 Å². The minimum absolute atomic E-state index is 0.102. The Balaban J connectivity index is 5.19. The van der Waals surface area contributed by atoms with E-state index >= 15 is 0 Å². The van der Waals surface area contributed by atoms with Gasteiger partial charge >= 0.3 is 39.5 Å². The van der Waals surface area contributed by atoms with Crippen LogP contribution in [0.1, 0.15) is 389 Å². The molecule has 0 radical (unpaired) electrons. The van der Waals surface area contributed by atoms with Crippen LogP contribution in [0.5, 0.6) is 0 Å². The second-order valence-corrected chi connectivity index (χ2v) is 32.1. The average Bonchev–Trinajstić information content (AvgIpc) is 1.30. The van der Waals surface area contributed by atoms with E-state index in [1.54, 1.807) is 0 Å². The van der Waals surface area contributed by atoms with E-state index in [1.807, 2.05) is 0 Å². The van der Waals surface area contributed by atoms with Crippen LogP contribution in [-0.2, 0) is 65.4 Å². The topological polar surface area (TPSA) is 237 Å². The van der Waals surface area contributed by atoms with Gasteiger partial charge in [-0.1, -0.05) is 338 Å².